The highest BCUT2D eigenvalue weighted by Gasteiger charge is 2.20. The number of carbonyl (C=O) groups is 1. The molecule has 0 radical (unpaired) electrons. The van der Waals surface area contributed by atoms with E-state index in [4.69, 9.17) is 31.5 Å². The highest BCUT2D eigenvalue weighted by atomic mass is 35.5. The van der Waals surface area contributed by atoms with Crippen LogP contribution in [-0.4, -0.2) is 32.9 Å². The zero-order valence-electron chi connectivity index (χ0n) is 10.6. The van der Waals surface area contributed by atoms with Crippen LogP contribution in [0.5, 0.6) is 5.75 Å². The van der Waals surface area contributed by atoms with Crippen LogP contribution in [0.15, 0.2) is 12.1 Å². The van der Waals surface area contributed by atoms with Crippen LogP contribution in [0.3, 0.4) is 0 Å². The van der Waals surface area contributed by atoms with Gasteiger partial charge in [-0.15, -0.1) is 0 Å². The Morgan fingerprint density at radius 3 is 3.00 bits per heavy atom. The summed E-state index contributed by atoms with van der Waals surface area (Å²) in [4.78, 5) is 12.0. The van der Waals surface area contributed by atoms with Gasteiger partial charge in [-0.25, -0.2) is 4.79 Å². The molecule has 1 atom stereocenters. The van der Waals surface area contributed by atoms with Gasteiger partial charge in [0.05, 0.1) is 31.0 Å². The second-order valence-corrected chi connectivity index (χ2v) is 4.81. The van der Waals surface area contributed by atoms with Crippen LogP contribution >= 0.6 is 11.6 Å². The van der Waals surface area contributed by atoms with Gasteiger partial charge in [-0.1, -0.05) is 11.6 Å². The lowest BCUT2D eigenvalue weighted by Crippen LogP contribution is -2.15. The maximum atomic E-state index is 12.0. The number of nitrogen functional groups attached to an aromatic ring is 1. The van der Waals surface area contributed by atoms with Crippen LogP contribution in [0.2, 0.25) is 5.02 Å². The number of methoxy groups -OCH3 is 1. The van der Waals surface area contributed by atoms with Gasteiger partial charge in [0.1, 0.15) is 11.3 Å². The summed E-state index contributed by atoms with van der Waals surface area (Å²) >= 11 is 5.91. The Morgan fingerprint density at radius 1 is 1.58 bits per heavy atom. The van der Waals surface area contributed by atoms with Crippen LogP contribution in [0, 0.1) is 5.92 Å². The number of ether oxygens (including phenoxy) is 3. The molecule has 2 rings (SSSR count). The first kappa shape index (κ1) is 14.0. The number of hydrogen-bond donors (Lipinski definition) is 1. The molecule has 0 spiro atoms. The summed E-state index contributed by atoms with van der Waals surface area (Å²) in [5.41, 5.74) is 6.30. The third kappa shape index (κ3) is 3.30. The summed E-state index contributed by atoms with van der Waals surface area (Å²) in [6.07, 6.45) is 0.910. The first-order valence-electron chi connectivity index (χ1n) is 5.99. The molecule has 1 heterocycles. The third-order valence-electron chi connectivity index (χ3n) is 3.01. The Balaban J connectivity index is 2.07. The summed E-state index contributed by atoms with van der Waals surface area (Å²) in [5, 5.41) is 0.303. The molecule has 104 valence electrons. The second kappa shape index (κ2) is 6.12. The Kier molecular flexibility index (Phi) is 4.50. The fraction of sp³-hybridized carbons (Fsp3) is 0.462. The molecule has 0 aliphatic carbocycles. The van der Waals surface area contributed by atoms with Gasteiger partial charge in [0.15, 0.2) is 0 Å². The van der Waals surface area contributed by atoms with Gasteiger partial charge in [0.25, 0.3) is 0 Å². The van der Waals surface area contributed by atoms with Crippen LogP contribution in [0.1, 0.15) is 16.8 Å². The average Bonchev–Trinajstić information content (AvgIpc) is 2.91. The number of hydrogen-bond acceptors (Lipinski definition) is 5. The number of halogens is 1. The van der Waals surface area contributed by atoms with Gasteiger partial charge < -0.3 is 19.9 Å². The van der Waals surface area contributed by atoms with E-state index in [1.54, 1.807) is 0 Å². The van der Waals surface area contributed by atoms with Gasteiger partial charge in [0.2, 0.25) is 0 Å². The number of nitrogens with two attached hydrogens (primary N) is 1. The fourth-order valence-corrected chi connectivity index (χ4v) is 2.05. The third-order valence-corrected chi connectivity index (χ3v) is 3.34. The van der Waals surface area contributed by atoms with Crippen LogP contribution in [0.4, 0.5) is 5.69 Å². The second-order valence-electron chi connectivity index (χ2n) is 4.40. The highest BCUT2D eigenvalue weighted by molar-refractivity contribution is 6.33. The predicted molar refractivity (Wildman–Crippen MR) is 71.6 cm³/mol. The monoisotopic (exact) mass is 285 g/mol. The smallest absolute Gasteiger partial charge is 0.341 e. The van der Waals surface area contributed by atoms with E-state index in [9.17, 15) is 4.79 Å². The van der Waals surface area contributed by atoms with E-state index in [-0.39, 0.29) is 11.5 Å². The molecule has 1 unspecified atom stereocenters. The molecule has 1 fully saturated rings. The SMILES string of the molecule is COc1cc(N)c(Cl)cc1C(=O)OCC1CCOC1. The van der Waals surface area contributed by atoms with Crippen molar-refractivity contribution in [3.8, 4) is 5.75 Å². The highest BCUT2D eigenvalue weighted by Crippen LogP contribution is 2.29. The van der Waals surface area contributed by atoms with Crippen LogP contribution in [0.25, 0.3) is 0 Å². The lowest BCUT2D eigenvalue weighted by Gasteiger charge is -2.12. The molecule has 19 heavy (non-hydrogen) atoms. The molecule has 5 nitrogen and oxygen atoms in total. The van der Waals surface area contributed by atoms with Crippen molar-refractivity contribution in [2.75, 3.05) is 32.7 Å². The molecular formula is C13H16ClNO4. The Hall–Kier alpha value is -1.46. The van der Waals surface area contributed by atoms with E-state index in [0.717, 1.165) is 13.0 Å². The molecule has 1 saturated heterocycles. The van der Waals surface area contributed by atoms with E-state index in [2.05, 4.69) is 0 Å². The standard InChI is InChI=1S/C13H16ClNO4/c1-17-12-5-11(15)10(14)4-9(12)13(16)19-7-8-2-3-18-6-8/h4-5,8H,2-3,6-7,15H2,1H3. The minimum atomic E-state index is -0.467. The van der Waals surface area contributed by atoms with Gasteiger partial charge in [-0.05, 0) is 12.5 Å². The van der Waals surface area contributed by atoms with Crippen molar-refractivity contribution in [2.45, 2.75) is 6.42 Å². The van der Waals surface area contributed by atoms with Crippen molar-refractivity contribution >= 4 is 23.3 Å². The molecule has 0 amide bonds. The average molecular weight is 286 g/mol. The topological polar surface area (TPSA) is 70.8 Å². The summed E-state index contributed by atoms with van der Waals surface area (Å²) in [5.74, 6) is 0.152. The summed E-state index contributed by atoms with van der Waals surface area (Å²) in [6, 6.07) is 2.97. The Labute approximate surface area is 116 Å². The number of carbonyl (C=O) groups excluding carboxylic acids is 1. The van der Waals surface area contributed by atoms with E-state index >= 15 is 0 Å². The lowest BCUT2D eigenvalue weighted by atomic mass is 10.1. The Morgan fingerprint density at radius 2 is 2.37 bits per heavy atom. The lowest BCUT2D eigenvalue weighted by molar-refractivity contribution is 0.0425. The quantitative estimate of drug-likeness (QED) is 0.678. The van der Waals surface area contributed by atoms with E-state index in [1.165, 1.54) is 19.2 Å². The zero-order valence-corrected chi connectivity index (χ0v) is 11.4. The molecule has 0 bridgehead atoms. The molecule has 6 heteroatoms. The minimum absolute atomic E-state index is 0.263. The van der Waals surface area contributed by atoms with Crippen molar-refractivity contribution in [2.24, 2.45) is 5.92 Å². The van der Waals surface area contributed by atoms with Gasteiger partial charge in [-0.2, -0.15) is 0 Å². The van der Waals surface area contributed by atoms with E-state index in [0.29, 0.717) is 29.7 Å². The first-order chi connectivity index (χ1) is 9.11. The minimum Gasteiger partial charge on any atom is -0.496 e. The maximum absolute atomic E-state index is 12.0. The predicted octanol–water partition coefficient (Wildman–Crippen LogP) is 2.12. The summed E-state index contributed by atoms with van der Waals surface area (Å²) in [7, 11) is 1.46. The normalized spacial score (nSPS) is 18.3. The Bertz CT molecular complexity index is 472. The fourth-order valence-electron chi connectivity index (χ4n) is 1.88. The van der Waals surface area contributed by atoms with E-state index < -0.39 is 5.97 Å². The number of rotatable bonds is 4. The molecule has 1 aliphatic heterocycles. The first-order valence-corrected chi connectivity index (χ1v) is 6.37. The van der Waals surface area contributed by atoms with Gasteiger partial charge >= 0.3 is 5.97 Å². The van der Waals surface area contributed by atoms with Crippen molar-refractivity contribution in [1.82, 2.24) is 0 Å². The maximum Gasteiger partial charge on any atom is 0.341 e. The molecule has 1 aromatic rings. The van der Waals surface area contributed by atoms with Crippen molar-refractivity contribution in [3.05, 3.63) is 22.7 Å². The number of esters is 1. The van der Waals surface area contributed by atoms with Gasteiger partial charge in [0, 0.05) is 18.6 Å². The van der Waals surface area contributed by atoms with Crippen molar-refractivity contribution in [1.29, 1.82) is 0 Å². The zero-order chi connectivity index (χ0) is 13.8. The van der Waals surface area contributed by atoms with Crippen molar-refractivity contribution < 1.29 is 19.0 Å². The van der Waals surface area contributed by atoms with E-state index in [1.807, 2.05) is 0 Å². The van der Waals surface area contributed by atoms with Crippen LogP contribution in [-0.2, 0) is 9.47 Å². The molecular weight excluding hydrogens is 270 g/mol. The molecule has 1 aromatic carbocycles. The van der Waals surface area contributed by atoms with Crippen molar-refractivity contribution in [3.63, 3.8) is 0 Å². The van der Waals surface area contributed by atoms with Gasteiger partial charge in [-0.3, -0.25) is 0 Å². The number of benzene rings is 1. The van der Waals surface area contributed by atoms with Crippen LogP contribution < -0.4 is 10.5 Å². The molecule has 0 saturated carbocycles. The largest absolute Gasteiger partial charge is 0.496 e. The summed E-state index contributed by atoms with van der Waals surface area (Å²) in [6.45, 7) is 1.69. The number of anilines is 1. The molecule has 2 N–H and O–H groups in total. The summed E-state index contributed by atoms with van der Waals surface area (Å²) < 4.78 is 15.6. The molecule has 1 aliphatic rings. The molecule has 0 aromatic heterocycles.